The molecule has 0 aliphatic heterocycles. The Morgan fingerprint density at radius 2 is 2.50 bits per heavy atom. The van der Waals surface area contributed by atoms with Gasteiger partial charge in [0.25, 0.3) is 0 Å². The van der Waals surface area contributed by atoms with E-state index in [0.29, 0.717) is 11.1 Å². The number of nitrogens with two attached hydrogens (primary N) is 1. The molecule has 0 spiro atoms. The van der Waals surface area contributed by atoms with Crippen molar-refractivity contribution in [1.82, 2.24) is 4.98 Å². The molecule has 0 unspecified atom stereocenters. The van der Waals surface area contributed by atoms with Gasteiger partial charge >= 0.3 is 0 Å². The van der Waals surface area contributed by atoms with Crippen LogP contribution in [0.3, 0.4) is 0 Å². The number of pyridine rings is 1. The number of hydrogen-bond donors (Lipinski definition) is 1. The Bertz CT molecular complexity index is 258. The van der Waals surface area contributed by atoms with E-state index in [0.717, 1.165) is 0 Å². The molecule has 1 aromatic rings. The van der Waals surface area contributed by atoms with Gasteiger partial charge in [0.05, 0.1) is 6.20 Å². The molecule has 10 heavy (non-hydrogen) atoms. The molecule has 0 aromatic carbocycles. The Morgan fingerprint density at radius 3 is 2.90 bits per heavy atom. The molecule has 1 radical (unpaired) electrons. The van der Waals surface area contributed by atoms with Crippen molar-refractivity contribution < 1.29 is 4.79 Å². The molecule has 0 atom stereocenters. The van der Waals surface area contributed by atoms with Gasteiger partial charge in [0.2, 0.25) is 5.91 Å². The third-order valence-electron chi connectivity index (χ3n) is 1.22. The summed E-state index contributed by atoms with van der Waals surface area (Å²) in [4.78, 5) is 14.3. The highest BCUT2D eigenvalue weighted by Gasteiger charge is 2.01. The maximum absolute atomic E-state index is 10.6. The lowest BCUT2D eigenvalue weighted by molar-refractivity contribution is 0.0999. The fourth-order valence-corrected chi connectivity index (χ4v) is 0.698. The van der Waals surface area contributed by atoms with Crippen LogP contribution in [0.15, 0.2) is 12.3 Å². The van der Waals surface area contributed by atoms with Crippen LogP contribution in [0, 0.1) is 13.1 Å². The minimum Gasteiger partial charge on any atom is -0.366 e. The van der Waals surface area contributed by atoms with Crippen molar-refractivity contribution in [3.63, 3.8) is 0 Å². The molecule has 0 saturated heterocycles. The maximum Gasteiger partial charge on any atom is 0.249 e. The molecule has 2 N–H and O–H groups in total. The zero-order valence-corrected chi connectivity index (χ0v) is 5.59. The van der Waals surface area contributed by atoms with E-state index >= 15 is 0 Å². The van der Waals surface area contributed by atoms with E-state index in [1.807, 2.05) is 0 Å². The van der Waals surface area contributed by atoms with E-state index in [2.05, 4.69) is 11.2 Å². The summed E-state index contributed by atoms with van der Waals surface area (Å²) in [5.41, 5.74) is 6.20. The van der Waals surface area contributed by atoms with Gasteiger partial charge < -0.3 is 5.73 Å². The maximum atomic E-state index is 10.6. The van der Waals surface area contributed by atoms with Gasteiger partial charge in [0.15, 0.2) is 0 Å². The van der Waals surface area contributed by atoms with E-state index < -0.39 is 5.91 Å². The van der Waals surface area contributed by atoms with E-state index in [9.17, 15) is 4.79 Å². The molecule has 0 saturated carbocycles. The highest BCUT2D eigenvalue weighted by molar-refractivity contribution is 5.93. The van der Waals surface area contributed by atoms with Crippen molar-refractivity contribution in [1.29, 1.82) is 0 Å². The monoisotopic (exact) mass is 135 g/mol. The van der Waals surface area contributed by atoms with E-state index in [-0.39, 0.29) is 0 Å². The second-order valence-electron chi connectivity index (χ2n) is 1.96. The SMILES string of the molecule is Cc1[c]nccc1C(N)=O. The van der Waals surface area contributed by atoms with Gasteiger partial charge in [-0.3, -0.25) is 9.78 Å². The molecule has 3 heteroatoms. The molecular formula is C7H7N2O. The summed E-state index contributed by atoms with van der Waals surface area (Å²) in [5, 5.41) is 0. The van der Waals surface area contributed by atoms with Crippen LogP contribution in [0.5, 0.6) is 0 Å². The molecule has 51 valence electrons. The highest BCUT2D eigenvalue weighted by Crippen LogP contribution is 2.01. The average Bonchev–Trinajstić information content (AvgIpc) is 1.88. The smallest absolute Gasteiger partial charge is 0.249 e. The zero-order valence-electron chi connectivity index (χ0n) is 5.59. The van der Waals surface area contributed by atoms with Crippen molar-refractivity contribution in [2.45, 2.75) is 6.92 Å². The van der Waals surface area contributed by atoms with Crippen LogP contribution in [0.1, 0.15) is 15.9 Å². The number of primary amides is 1. The van der Waals surface area contributed by atoms with E-state index in [4.69, 9.17) is 5.73 Å². The molecule has 3 nitrogen and oxygen atoms in total. The molecule has 1 heterocycles. The van der Waals surface area contributed by atoms with Crippen molar-refractivity contribution in [2.75, 3.05) is 0 Å². The first-order chi connectivity index (χ1) is 4.72. The van der Waals surface area contributed by atoms with Gasteiger partial charge in [-0.05, 0) is 18.6 Å². The van der Waals surface area contributed by atoms with Crippen molar-refractivity contribution in [3.8, 4) is 0 Å². The highest BCUT2D eigenvalue weighted by atomic mass is 16.1. The van der Waals surface area contributed by atoms with Crippen LogP contribution < -0.4 is 5.73 Å². The predicted octanol–water partition coefficient (Wildman–Crippen LogP) is 0.289. The van der Waals surface area contributed by atoms with Gasteiger partial charge in [-0.15, -0.1) is 0 Å². The van der Waals surface area contributed by atoms with Crippen molar-refractivity contribution in [3.05, 3.63) is 29.6 Å². The number of aromatic nitrogens is 1. The Balaban J connectivity index is 3.15. The first-order valence-electron chi connectivity index (χ1n) is 2.85. The summed E-state index contributed by atoms with van der Waals surface area (Å²) in [6, 6.07) is 1.58. The van der Waals surface area contributed by atoms with Gasteiger partial charge in [-0.25, -0.2) is 0 Å². The summed E-state index contributed by atoms with van der Waals surface area (Å²) in [7, 11) is 0. The van der Waals surface area contributed by atoms with Crippen LogP contribution in [-0.2, 0) is 0 Å². The second-order valence-corrected chi connectivity index (χ2v) is 1.96. The molecule has 1 rings (SSSR count). The first-order valence-corrected chi connectivity index (χ1v) is 2.85. The Kier molecular flexibility index (Phi) is 1.67. The molecular weight excluding hydrogens is 128 g/mol. The summed E-state index contributed by atoms with van der Waals surface area (Å²) in [6.07, 6.45) is 4.12. The van der Waals surface area contributed by atoms with Gasteiger partial charge in [0.1, 0.15) is 0 Å². The summed E-state index contributed by atoms with van der Waals surface area (Å²) >= 11 is 0. The Labute approximate surface area is 58.9 Å². The number of nitrogens with zero attached hydrogens (tertiary/aromatic N) is 1. The lowest BCUT2D eigenvalue weighted by Gasteiger charge is -1.96. The normalized spacial score (nSPS) is 9.30. The number of hydrogen-bond acceptors (Lipinski definition) is 2. The molecule has 0 aliphatic rings. The van der Waals surface area contributed by atoms with E-state index in [1.54, 1.807) is 13.0 Å². The molecule has 1 aromatic heterocycles. The minimum atomic E-state index is -0.434. The number of amides is 1. The van der Waals surface area contributed by atoms with E-state index in [1.165, 1.54) is 6.20 Å². The van der Waals surface area contributed by atoms with Crippen LogP contribution in [0.4, 0.5) is 0 Å². The predicted molar refractivity (Wildman–Crippen MR) is 36.3 cm³/mol. The van der Waals surface area contributed by atoms with Crippen LogP contribution in [-0.4, -0.2) is 10.9 Å². The third-order valence-corrected chi connectivity index (χ3v) is 1.22. The van der Waals surface area contributed by atoms with Gasteiger partial charge in [-0.1, -0.05) is 0 Å². The number of rotatable bonds is 1. The fourth-order valence-electron chi connectivity index (χ4n) is 0.698. The third kappa shape index (κ3) is 1.13. The largest absolute Gasteiger partial charge is 0.366 e. The quantitative estimate of drug-likeness (QED) is 0.601. The van der Waals surface area contributed by atoms with Gasteiger partial charge in [0, 0.05) is 11.8 Å². The van der Waals surface area contributed by atoms with Crippen LogP contribution in [0.2, 0.25) is 0 Å². The summed E-state index contributed by atoms with van der Waals surface area (Å²) in [5.74, 6) is -0.434. The standard InChI is InChI=1S/C7H7N2O/c1-5-4-9-3-2-6(5)7(8)10/h2-3H,1H3,(H2,8,10). The fraction of sp³-hybridized carbons (Fsp3) is 0.143. The molecule has 0 aliphatic carbocycles. The lowest BCUT2D eigenvalue weighted by Crippen LogP contribution is -2.12. The molecule has 1 amide bonds. The van der Waals surface area contributed by atoms with Gasteiger partial charge in [-0.2, -0.15) is 0 Å². The van der Waals surface area contributed by atoms with Crippen molar-refractivity contribution in [2.24, 2.45) is 5.73 Å². The summed E-state index contributed by atoms with van der Waals surface area (Å²) < 4.78 is 0. The van der Waals surface area contributed by atoms with Crippen molar-refractivity contribution >= 4 is 5.91 Å². The lowest BCUT2D eigenvalue weighted by atomic mass is 10.1. The second kappa shape index (κ2) is 2.47. The number of aryl methyl sites for hydroxylation is 1. The van der Waals surface area contributed by atoms with Crippen LogP contribution in [0.25, 0.3) is 0 Å². The zero-order chi connectivity index (χ0) is 7.56. The first kappa shape index (κ1) is 6.74. The Hall–Kier alpha value is -1.38. The molecule has 0 fully saturated rings. The summed E-state index contributed by atoms with van der Waals surface area (Å²) in [6.45, 7) is 1.74. The number of carbonyl (C=O) groups excluding carboxylic acids is 1. The number of carbonyl (C=O) groups is 1. The average molecular weight is 135 g/mol. The minimum absolute atomic E-state index is 0.434. The topological polar surface area (TPSA) is 56.0 Å². The molecule has 0 bridgehead atoms. The van der Waals surface area contributed by atoms with Crippen LogP contribution >= 0.6 is 0 Å². The Morgan fingerprint density at radius 1 is 1.80 bits per heavy atom.